The normalized spacial score (nSPS) is 13.9. The molecule has 0 atom stereocenters. The monoisotopic (exact) mass is 367 g/mol. The fourth-order valence-electron chi connectivity index (χ4n) is 2.13. The molecule has 0 radical (unpaired) electrons. The van der Waals surface area contributed by atoms with E-state index < -0.39 is 11.7 Å². The molecule has 0 bridgehead atoms. The summed E-state index contributed by atoms with van der Waals surface area (Å²) >= 11 is 3.38. The number of halogens is 1. The van der Waals surface area contributed by atoms with Crippen LogP contribution in [0.15, 0.2) is 22.7 Å². The molecule has 2 N–H and O–H groups in total. The van der Waals surface area contributed by atoms with Crippen molar-refractivity contribution in [3.8, 4) is 6.07 Å². The number of primary amides is 1. The molecule has 6 heteroatoms. The second-order valence-corrected chi connectivity index (χ2v) is 6.92. The van der Waals surface area contributed by atoms with E-state index in [4.69, 9.17) is 11.0 Å². The maximum Gasteiger partial charge on any atom is 0.405 e. The largest absolute Gasteiger partial charge is 0.444 e. The third-order valence-electron chi connectivity index (χ3n) is 2.93. The molecule has 1 fully saturated rings. The molecule has 1 heterocycles. The SMILES string of the molecule is CC(C)(C)OC(N)=O.N#Cc1cc(Br)ccc1N1CCCC1. The van der Waals surface area contributed by atoms with Gasteiger partial charge in [0.25, 0.3) is 0 Å². The van der Waals surface area contributed by atoms with Gasteiger partial charge in [-0.05, 0) is 51.8 Å². The van der Waals surface area contributed by atoms with Gasteiger partial charge >= 0.3 is 6.09 Å². The van der Waals surface area contributed by atoms with Crippen molar-refractivity contribution in [3.05, 3.63) is 28.2 Å². The molecule has 0 spiro atoms. The molecule has 1 amide bonds. The average molecular weight is 368 g/mol. The van der Waals surface area contributed by atoms with E-state index in [0.717, 1.165) is 28.8 Å². The van der Waals surface area contributed by atoms with E-state index in [1.807, 2.05) is 18.2 Å². The number of ether oxygens (including phenoxy) is 1. The van der Waals surface area contributed by atoms with Gasteiger partial charge in [-0.1, -0.05) is 15.9 Å². The van der Waals surface area contributed by atoms with Crippen molar-refractivity contribution >= 4 is 27.7 Å². The maximum absolute atomic E-state index is 10.0. The lowest BCUT2D eigenvalue weighted by atomic mass is 10.2. The van der Waals surface area contributed by atoms with Crippen LogP contribution in [0.2, 0.25) is 0 Å². The Morgan fingerprint density at radius 1 is 1.36 bits per heavy atom. The third-order valence-corrected chi connectivity index (χ3v) is 3.43. The van der Waals surface area contributed by atoms with Crippen LogP contribution < -0.4 is 10.6 Å². The summed E-state index contributed by atoms with van der Waals surface area (Å²) in [4.78, 5) is 12.3. The van der Waals surface area contributed by atoms with Gasteiger partial charge in [-0.2, -0.15) is 5.26 Å². The van der Waals surface area contributed by atoms with E-state index >= 15 is 0 Å². The topological polar surface area (TPSA) is 79.3 Å². The van der Waals surface area contributed by atoms with Crippen LogP contribution in [0.4, 0.5) is 10.5 Å². The second-order valence-electron chi connectivity index (χ2n) is 6.00. The number of nitriles is 1. The van der Waals surface area contributed by atoms with Crippen molar-refractivity contribution in [2.75, 3.05) is 18.0 Å². The highest BCUT2D eigenvalue weighted by molar-refractivity contribution is 9.10. The van der Waals surface area contributed by atoms with Gasteiger partial charge in [0, 0.05) is 17.6 Å². The summed E-state index contributed by atoms with van der Waals surface area (Å²) in [7, 11) is 0. The number of carbonyl (C=O) groups is 1. The van der Waals surface area contributed by atoms with Gasteiger partial charge in [-0.25, -0.2) is 4.79 Å². The van der Waals surface area contributed by atoms with Gasteiger partial charge in [0.2, 0.25) is 0 Å². The Morgan fingerprint density at radius 3 is 2.36 bits per heavy atom. The molecule has 22 heavy (non-hydrogen) atoms. The lowest BCUT2D eigenvalue weighted by Crippen LogP contribution is -2.27. The van der Waals surface area contributed by atoms with Crippen LogP contribution >= 0.6 is 15.9 Å². The van der Waals surface area contributed by atoms with Crippen molar-refractivity contribution in [3.63, 3.8) is 0 Å². The number of amides is 1. The first kappa shape index (κ1) is 18.3. The Balaban J connectivity index is 0.000000261. The van der Waals surface area contributed by atoms with Gasteiger partial charge in [0.1, 0.15) is 11.7 Å². The van der Waals surface area contributed by atoms with Crippen molar-refractivity contribution < 1.29 is 9.53 Å². The minimum Gasteiger partial charge on any atom is -0.444 e. The molecule has 5 nitrogen and oxygen atoms in total. The number of nitrogens with two attached hydrogens (primary N) is 1. The predicted molar refractivity (Wildman–Crippen MR) is 90.7 cm³/mol. The second kappa shape index (κ2) is 8.04. The van der Waals surface area contributed by atoms with Crippen LogP contribution in [0.5, 0.6) is 0 Å². The van der Waals surface area contributed by atoms with Crippen LogP contribution in [0, 0.1) is 11.3 Å². The molecule has 1 aliphatic rings. The zero-order valence-corrected chi connectivity index (χ0v) is 14.8. The van der Waals surface area contributed by atoms with E-state index in [-0.39, 0.29) is 0 Å². The molecule has 120 valence electrons. The smallest absolute Gasteiger partial charge is 0.405 e. The molecule has 1 aromatic rings. The van der Waals surface area contributed by atoms with Gasteiger partial charge < -0.3 is 15.4 Å². The van der Waals surface area contributed by atoms with Crippen LogP contribution in [0.25, 0.3) is 0 Å². The average Bonchev–Trinajstić information content (AvgIpc) is 2.90. The van der Waals surface area contributed by atoms with Gasteiger partial charge in [0.15, 0.2) is 0 Å². The molecule has 1 aromatic carbocycles. The summed E-state index contributed by atoms with van der Waals surface area (Å²) in [6.07, 6.45) is 1.75. The van der Waals surface area contributed by atoms with E-state index in [1.165, 1.54) is 12.8 Å². The lowest BCUT2D eigenvalue weighted by Gasteiger charge is -2.18. The van der Waals surface area contributed by atoms with Crippen molar-refractivity contribution in [1.82, 2.24) is 0 Å². The number of hydrogen-bond donors (Lipinski definition) is 1. The number of benzene rings is 1. The highest BCUT2D eigenvalue weighted by Crippen LogP contribution is 2.26. The number of hydrogen-bond acceptors (Lipinski definition) is 4. The number of rotatable bonds is 1. The summed E-state index contributed by atoms with van der Waals surface area (Å²) in [5, 5.41) is 9.01. The van der Waals surface area contributed by atoms with Crippen LogP contribution in [0.1, 0.15) is 39.2 Å². The Kier molecular flexibility index (Phi) is 6.69. The lowest BCUT2D eigenvalue weighted by molar-refractivity contribution is 0.0600. The minimum absolute atomic E-state index is 0.453. The summed E-state index contributed by atoms with van der Waals surface area (Å²) in [6.45, 7) is 7.44. The first-order valence-electron chi connectivity index (χ1n) is 7.16. The number of nitrogens with zero attached hydrogens (tertiary/aromatic N) is 2. The Hall–Kier alpha value is -1.74. The molecular formula is C16H22BrN3O2. The molecule has 0 aliphatic carbocycles. The van der Waals surface area contributed by atoms with E-state index in [9.17, 15) is 4.79 Å². The summed E-state index contributed by atoms with van der Waals surface area (Å²) < 4.78 is 5.55. The Labute approximate surface area is 140 Å². The third kappa shape index (κ3) is 6.35. The minimum atomic E-state index is -0.725. The number of carbonyl (C=O) groups excluding carboxylic acids is 1. The van der Waals surface area contributed by atoms with Gasteiger partial charge in [0.05, 0.1) is 11.3 Å². The first-order valence-corrected chi connectivity index (χ1v) is 7.95. The number of anilines is 1. The van der Waals surface area contributed by atoms with Crippen molar-refractivity contribution in [2.45, 2.75) is 39.2 Å². The highest BCUT2D eigenvalue weighted by atomic mass is 79.9. The van der Waals surface area contributed by atoms with Crippen LogP contribution in [0.3, 0.4) is 0 Å². The van der Waals surface area contributed by atoms with Crippen LogP contribution in [-0.4, -0.2) is 24.8 Å². The zero-order valence-electron chi connectivity index (χ0n) is 13.2. The quantitative estimate of drug-likeness (QED) is 0.818. The zero-order chi connectivity index (χ0) is 16.8. The molecule has 1 saturated heterocycles. The first-order chi connectivity index (χ1) is 10.2. The van der Waals surface area contributed by atoms with Crippen LogP contribution in [-0.2, 0) is 4.74 Å². The highest BCUT2D eigenvalue weighted by Gasteiger charge is 2.15. The fourth-order valence-corrected chi connectivity index (χ4v) is 2.49. The van der Waals surface area contributed by atoms with E-state index in [2.05, 4.69) is 31.6 Å². The molecule has 0 saturated carbocycles. The summed E-state index contributed by atoms with van der Waals surface area (Å²) in [6, 6.07) is 8.14. The van der Waals surface area contributed by atoms with Gasteiger partial charge in [-0.3, -0.25) is 0 Å². The van der Waals surface area contributed by atoms with Crippen molar-refractivity contribution in [2.24, 2.45) is 5.73 Å². The molecule has 0 unspecified atom stereocenters. The Bertz CT molecular complexity index is 555. The predicted octanol–water partition coefficient (Wildman–Crippen LogP) is 3.80. The fraction of sp³-hybridized carbons (Fsp3) is 0.500. The van der Waals surface area contributed by atoms with E-state index in [0.29, 0.717) is 0 Å². The maximum atomic E-state index is 10.0. The summed E-state index contributed by atoms with van der Waals surface area (Å²) in [5.74, 6) is 0. The standard InChI is InChI=1S/C11H11BrN2.C5H11NO2/c12-10-3-4-11(9(7-10)8-13)14-5-1-2-6-14;1-5(2,3)8-4(6)7/h3-4,7H,1-2,5-6H2;1-3H3,(H2,6,7). The molecular weight excluding hydrogens is 346 g/mol. The molecule has 1 aliphatic heterocycles. The molecule has 0 aromatic heterocycles. The Morgan fingerprint density at radius 2 is 1.95 bits per heavy atom. The van der Waals surface area contributed by atoms with Gasteiger partial charge in [-0.15, -0.1) is 0 Å². The molecule has 2 rings (SSSR count). The van der Waals surface area contributed by atoms with E-state index in [1.54, 1.807) is 20.8 Å². The van der Waals surface area contributed by atoms with Crippen molar-refractivity contribution in [1.29, 1.82) is 5.26 Å². The summed E-state index contributed by atoms with van der Waals surface area (Å²) in [5.41, 5.74) is 6.11.